The molecule has 0 saturated heterocycles. The van der Waals surface area contributed by atoms with Crippen molar-refractivity contribution in [1.82, 2.24) is 4.98 Å². The molecule has 0 unspecified atom stereocenters. The lowest BCUT2D eigenvalue weighted by atomic mass is 9.92. The zero-order valence-electron chi connectivity index (χ0n) is 10.9. The van der Waals surface area contributed by atoms with Gasteiger partial charge >= 0.3 is 0 Å². The molecule has 18 heavy (non-hydrogen) atoms. The summed E-state index contributed by atoms with van der Waals surface area (Å²) in [6, 6.07) is 0. The maximum absolute atomic E-state index is 7.29. The molecule has 0 radical (unpaired) electrons. The van der Waals surface area contributed by atoms with Gasteiger partial charge in [-0.2, -0.15) is 0 Å². The van der Waals surface area contributed by atoms with E-state index in [2.05, 4.69) is 9.98 Å². The molecular formula is C13H19N5. The lowest BCUT2D eigenvalue weighted by molar-refractivity contribution is 0.862. The van der Waals surface area contributed by atoms with E-state index in [0.29, 0.717) is 11.4 Å². The van der Waals surface area contributed by atoms with E-state index in [-0.39, 0.29) is 5.92 Å². The molecule has 0 bridgehead atoms. The summed E-state index contributed by atoms with van der Waals surface area (Å²) < 4.78 is 0. The van der Waals surface area contributed by atoms with Gasteiger partial charge in [0.15, 0.2) is 0 Å². The number of hydrogen-bond donors (Lipinski definition) is 3. The van der Waals surface area contributed by atoms with Gasteiger partial charge in [-0.3, -0.25) is 9.98 Å². The summed E-state index contributed by atoms with van der Waals surface area (Å²) in [5.41, 5.74) is 15.3. The maximum Gasteiger partial charge on any atom is 0.104 e. The van der Waals surface area contributed by atoms with Crippen LogP contribution in [-0.4, -0.2) is 24.5 Å². The largest absolute Gasteiger partial charge is 0.404 e. The molecule has 1 heterocycles. The first-order valence-electron chi connectivity index (χ1n) is 5.70. The molecule has 1 aromatic rings. The number of hydrogen-bond acceptors (Lipinski definition) is 5. The Morgan fingerprint density at radius 2 is 2.17 bits per heavy atom. The van der Waals surface area contributed by atoms with Crippen LogP contribution in [0.5, 0.6) is 0 Å². The van der Waals surface area contributed by atoms with Crippen molar-refractivity contribution in [3.8, 4) is 0 Å². The van der Waals surface area contributed by atoms with Gasteiger partial charge < -0.3 is 16.9 Å². The molecule has 0 aliphatic rings. The topological polar surface area (TPSA) is 101 Å². The van der Waals surface area contributed by atoms with E-state index in [9.17, 15) is 0 Å². The Morgan fingerprint density at radius 3 is 2.61 bits per heavy atom. The molecule has 5 nitrogen and oxygen atoms in total. The van der Waals surface area contributed by atoms with Gasteiger partial charge in [-0.25, -0.2) is 0 Å². The van der Waals surface area contributed by atoms with Gasteiger partial charge in [0.2, 0.25) is 0 Å². The monoisotopic (exact) mass is 245 g/mol. The summed E-state index contributed by atoms with van der Waals surface area (Å²) in [5, 5.41) is 7.29. The lowest BCUT2D eigenvalue weighted by Gasteiger charge is -2.16. The Labute approximate surface area is 107 Å². The highest BCUT2D eigenvalue weighted by molar-refractivity contribution is 6.10. The average molecular weight is 245 g/mol. The van der Waals surface area contributed by atoms with Crippen LogP contribution in [0.4, 0.5) is 5.69 Å². The third kappa shape index (κ3) is 2.56. The summed E-state index contributed by atoms with van der Waals surface area (Å²) in [4.78, 5) is 8.13. The highest BCUT2D eigenvalue weighted by Crippen LogP contribution is 2.30. The Balaban J connectivity index is 3.54. The van der Waals surface area contributed by atoms with Crippen molar-refractivity contribution in [2.75, 3.05) is 12.8 Å². The Hall–Kier alpha value is -2.17. The van der Waals surface area contributed by atoms with Crippen molar-refractivity contribution < 1.29 is 0 Å². The zero-order chi connectivity index (χ0) is 13.7. The lowest BCUT2D eigenvalue weighted by Crippen LogP contribution is -2.08. The van der Waals surface area contributed by atoms with Crippen molar-refractivity contribution in [3.63, 3.8) is 0 Å². The Morgan fingerprint density at radius 1 is 1.50 bits per heavy atom. The van der Waals surface area contributed by atoms with Crippen molar-refractivity contribution in [1.29, 1.82) is 5.41 Å². The fourth-order valence-electron chi connectivity index (χ4n) is 1.86. The SMILES string of the molecule is CN=CC(=CN)c1cnc(C=N)c(N)c1C(C)C. The fraction of sp³-hybridized carbons (Fsp3) is 0.308. The van der Waals surface area contributed by atoms with Crippen LogP contribution in [0.2, 0.25) is 0 Å². The summed E-state index contributed by atoms with van der Waals surface area (Å²) in [5.74, 6) is 0.210. The van der Waals surface area contributed by atoms with Crippen molar-refractivity contribution in [2.45, 2.75) is 19.8 Å². The fourth-order valence-corrected chi connectivity index (χ4v) is 1.86. The maximum atomic E-state index is 7.29. The van der Waals surface area contributed by atoms with Gasteiger partial charge in [-0.05, 0) is 11.5 Å². The van der Waals surface area contributed by atoms with E-state index in [1.807, 2.05) is 13.8 Å². The molecule has 0 spiro atoms. The molecule has 0 saturated carbocycles. The van der Waals surface area contributed by atoms with Gasteiger partial charge in [0.05, 0.1) is 5.69 Å². The molecule has 5 N–H and O–H groups in total. The van der Waals surface area contributed by atoms with Gasteiger partial charge in [0.25, 0.3) is 0 Å². The molecular weight excluding hydrogens is 226 g/mol. The number of pyridine rings is 1. The van der Waals surface area contributed by atoms with Crippen LogP contribution < -0.4 is 11.5 Å². The summed E-state index contributed by atoms with van der Waals surface area (Å²) in [7, 11) is 1.68. The second kappa shape index (κ2) is 5.95. The number of aliphatic imine (C=N–C) groups is 1. The van der Waals surface area contributed by atoms with Crippen LogP contribution in [0.3, 0.4) is 0 Å². The molecule has 0 aliphatic heterocycles. The minimum atomic E-state index is 0.210. The number of nitrogens with one attached hydrogen (secondary N) is 1. The van der Waals surface area contributed by atoms with Crippen LogP contribution in [0, 0.1) is 5.41 Å². The number of rotatable bonds is 4. The number of anilines is 1. The van der Waals surface area contributed by atoms with E-state index in [1.165, 1.54) is 6.20 Å². The number of allylic oxidation sites excluding steroid dienone is 1. The first-order chi connectivity index (χ1) is 8.56. The number of nitrogen functional groups attached to an aromatic ring is 1. The summed E-state index contributed by atoms with van der Waals surface area (Å²) in [6.07, 6.45) is 6.00. The first-order valence-corrected chi connectivity index (χ1v) is 5.70. The smallest absolute Gasteiger partial charge is 0.104 e. The van der Waals surface area contributed by atoms with Gasteiger partial charge in [0, 0.05) is 43.0 Å². The highest BCUT2D eigenvalue weighted by atomic mass is 14.8. The second-order valence-electron chi connectivity index (χ2n) is 4.19. The van der Waals surface area contributed by atoms with Crippen molar-refractivity contribution in [2.24, 2.45) is 10.7 Å². The molecule has 0 aromatic carbocycles. The second-order valence-corrected chi connectivity index (χ2v) is 4.19. The number of nitrogens with two attached hydrogens (primary N) is 2. The standard InChI is InChI=1S/C13H19N5/c1-8(2)12-10(9(4-14)6-17-3)7-18-11(5-15)13(12)16/h4-8,15H,14,16H2,1-3H3. The molecule has 0 atom stereocenters. The molecule has 0 amide bonds. The summed E-state index contributed by atoms with van der Waals surface area (Å²) in [6.45, 7) is 4.08. The van der Waals surface area contributed by atoms with Crippen molar-refractivity contribution >= 4 is 23.7 Å². The predicted molar refractivity (Wildman–Crippen MR) is 77.2 cm³/mol. The van der Waals surface area contributed by atoms with Gasteiger partial charge in [-0.15, -0.1) is 0 Å². The molecule has 0 fully saturated rings. The normalized spacial score (nSPS) is 12.3. The minimum absolute atomic E-state index is 0.210. The predicted octanol–water partition coefficient (Wildman–Crippen LogP) is 1.79. The third-order valence-corrected chi connectivity index (χ3v) is 2.66. The third-order valence-electron chi connectivity index (χ3n) is 2.66. The van der Waals surface area contributed by atoms with Crippen molar-refractivity contribution in [3.05, 3.63) is 29.2 Å². The minimum Gasteiger partial charge on any atom is -0.404 e. The van der Waals surface area contributed by atoms with Gasteiger partial charge in [-0.1, -0.05) is 13.8 Å². The molecule has 0 aliphatic carbocycles. The zero-order valence-corrected chi connectivity index (χ0v) is 10.9. The van der Waals surface area contributed by atoms with E-state index in [0.717, 1.165) is 22.9 Å². The van der Waals surface area contributed by atoms with Crippen LogP contribution in [0.15, 0.2) is 17.4 Å². The van der Waals surface area contributed by atoms with Gasteiger partial charge in [0.1, 0.15) is 5.69 Å². The first kappa shape index (κ1) is 13.9. The number of nitrogens with zero attached hydrogens (tertiary/aromatic N) is 2. The van der Waals surface area contributed by atoms with E-state index >= 15 is 0 Å². The Bertz CT molecular complexity index is 500. The molecule has 96 valence electrons. The molecule has 5 heteroatoms. The molecule has 1 rings (SSSR count). The van der Waals surface area contributed by atoms with Crippen LogP contribution in [-0.2, 0) is 0 Å². The average Bonchev–Trinajstić information content (AvgIpc) is 2.35. The number of aromatic nitrogens is 1. The van der Waals surface area contributed by atoms with Crippen LogP contribution in [0.25, 0.3) is 5.57 Å². The van der Waals surface area contributed by atoms with E-state index in [1.54, 1.807) is 19.5 Å². The highest BCUT2D eigenvalue weighted by Gasteiger charge is 2.16. The van der Waals surface area contributed by atoms with Crippen LogP contribution in [0.1, 0.15) is 36.6 Å². The quantitative estimate of drug-likeness (QED) is 0.705. The van der Waals surface area contributed by atoms with E-state index < -0.39 is 0 Å². The summed E-state index contributed by atoms with van der Waals surface area (Å²) >= 11 is 0. The molecule has 1 aromatic heterocycles. The Kier molecular flexibility index (Phi) is 4.59. The van der Waals surface area contributed by atoms with E-state index in [4.69, 9.17) is 16.9 Å². The van der Waals surface area contributed by atoms with Crippen LogP contribution >= 0.6 is 0 Å².